The Morgan fingerprint density at radius 1 is 0.720 bits per heavy atom. The molecule has 0 aliphatic rings. The summed E-state index contributed by atoms with van der Waals surface area (Å²) in [5.41, 5.74) is 0. The first-order valence-electron chi connectivity index (χ1n) is 9.69. The molecule has 0 amide bonds. The first kappa shape index (κ1) is 20.8. The van der Waals surface area contributed by atoms with Gasteiger partial charge >= 0.3 is 8.56 Å². The van der Waals surface area contributed by atoms with E-state index in [4.69, 9.17) is 8.85 Å². The van der Waals surface area contributed by atoms with E-state index in [1.54, 1.807) is 22.7 Å². The summed E-state index contributed by atoms with van der Waals surface area (Å²) in [6.07, 6.45) is 9.82. The van der Waals surface area contributed by atoms with Crippen molar-refractivity contribution < 1.29 is 8.85 Å². The van der Waals surface area contributed by atoms with E-state index in [0.29, 0.717) is 0 Å². The predicted molar refractivity (Wildman–Crippen MR) is 114 cm³/mol. The molecule has 2 rings (SSSR count). The lowest BCUT2D eigenvalue weighted by Gasteiger charge is -2.29. The Balaban J connectivity index is 2.09. The molecule has 0 aliphatic carbocycles. The molecule has 140 valence electrons. The normalized spacial score (nSPS) is 11.9. The maximum Gasteiger partial charge on any atom is 0.427 e. The minimum atomic E-state index is -2.53. The van der Waals surface area contributed by atoms with Crippen LogP contribution in [0.5, 0.6) is 0 Å². The Labute approximate surface area is 162 Å². The Hall–Kier alpha value is -0.463. The molecule has 5 heteroatoms. The lowest BCUT2D eigenvalue weighted by molar-refractivity contribution is 0.186. The number of thiophene rings is 2. The van der Waals surface area contributed by atoms with Gasteiger partial charge in [-0.2, -0.15) is 0 Å². The molecule has 0 atom stereocenters. The highest BCUT2D eigenvalue weighted by molar-refractivity contribution is 7.33. The van der Waals surface area contributed by atoms with Crippen LogP contribution < -0.4 is 9.00 Å². The van der Waals surface area contributed by atoms with Crippen molar-refractivity contribution in [1.82, 2.24) is 0 Å². The van der Waals surface area contributed by atoms with Gasteiger partial charge < -0.3 is 8.85 Å². The highest BCUT2D eigenvalue weighted by Crippen LogP contribution is 2.18. The zero-order valence-electron chi connectivity index (χ0n) is 15.7. The molecule has 2 nitrogen and oxygen atoms in total. The van der Waals surface area contributed by atoms with Crippen LogP contribution in [0.15, 0.2) is 35.0 Å². The van der Waals surface area contributed by atoms with E-state index in [0.717, 1.165) is 26.1 Å². The van der Waals surface area contributed by atoms with E-state index in [2.05, 4.69) is 48.9 Å². The molecular formula is C20H32O2S2Si. The topological polar surface area (TPSA) is 18.5 Å². The summed E-state index contributed by atoms with van der Waals surface area (Å²) in [5, 5.41) is 4.29. The van der Waals surface area contributed by atoms with E-state index in [9.17, 15) is 0 Å². The van der Waals surface area contributed by atoms with Gasteiger partial charge in [-0.25, -0.2) is 0 Å². The van der Waals surface area contributed by atoms with Gasteiger partial charge in [0, 0.05) is 13.2 Å². The SMILES string of the molecule is CCCCCCO[Si](OCCCCCC)(c1cccs1)c1cccs1. The van der Waals surface area contributed by atoms with Gasteiger partial charge in [-0.05, 0) is 35.7 Å². The molecule has 0 spiro atoms. The zero-order valence-corrected chi connectivity index (χ0v) is 18.3. The standard InChI is InChI=1S/C20H32O2S2Si/c1-3-5-7-9-15-21-25(19-13-11-17-23-19,20-14-12-18-24-20)22-16-10-8-6-4-2/h11-14,17-18H,3-10,15-16H2,1-2H3. The maximum absolute atomic E-state index is 6.61. The second-order valence-electron chi connectivity index (χ2n) is 6.39. The summed E-state index contributed by atoms with van der Waals surface area (Å²) in [6.45, 7) is 6.10. The van der Waals surface area contributed by atoms with Gasteiger partial charge in [0.15, 0.2) is 0 Å². The quantitative estimate of drug-likeness (QED) is 0.307. The fraction of sp³-hybridized carbons (Fsp3) is 0.600. The third-order valence-corrected chi connectivity index (χ3v) is 10.8. The molecule has 0 N–H and O–H groups in total. The molecule has 0 aromatic carbocycles. The van der Waals surface area contributed by atoms with Crippen LogP contribution in [0.2, 0.25) is 0 Å². The van der Waals surface area contributed by atoms with Gasteiger partial charge in [0.05, 0.1) is 9.00 Å². The number of unbranched alkanes of at least 4 members (excludes halogenated alkanes) is 6. The van der Waals surface area contributed by atoms with Crippen LogP contribution in [0.4, 0.5) is 0 Å². The summed E-state index contributed by atoms with van der Waals surface area (Å²) < 4.78 is 15.8. The van der Waals surface area contributed by atoms with Crippen LogP contribution in [-0.2, 0) is 8.85 Å². The van der Waals surface area contributed by atoms with Gasteiger partial charge in [0.1, 0.15) is 0 Å². The second-order valence-corrected chi connectivity index (χ2v) is 11.9. The third kappa shape index (κ3) is 6.33. The minimum Gasteiger partial charge on any atom is -0.387 e. The average molecular weight is 397 g/mol. The van der Waals surface area contributed by atoms with Crippen molar-refractivity contribution >= 4 is 40.2 Å². The van der Waals surface area contributed by atoms with Crippen molar-refractivity contribution in [3.63, 3.8) is 0 Å². The van der Waals surface area contributed by atoms with Gasteiger partial charge in [0.25, 0.3) is 0 Å². The van der Waals surface area contributed by atoms with Gasteiger partial charge in [-0.3, -0.25) is 0 Å². The Morgan fingerprint density at radius 2 is 1.20 bits per heavy atom. The zero-order chi connectivity index (χ0) is 17.8. The molecular weight excluding hydrogens is 364 g/mol. The first-order chi connectivity index (χ1) is 12.3. The van der Waals surface area contributed by atoms with Crippen LogP contribution in [0.1, 0.15) is 65.2 Å². The van der Waals surface area contributed by atoms with Crippen molar-refractivity contribution in [3.05, 3.63) is 35.0 Å². The van der Waals surface area contributed by atoms with Crippen molar-refractivity contribution in [2.75, 3.05) is 13.2 Å². The van der Waals surface area contributed by atoms with Crippen LogP contribution in [0, 0.1) is 0 Å². The van der Waals surface area contributed by atoms with Crippen molar-refractivity contribution in [2.24, 2.45) is 0 Å². The lowest BCUT2D eigenvalue weighted by atomic mass is 10.2. The minimum absolute atomic E-state index is 0.803. The average Bonchev–Trinajstić information content (AvgIpc) is 3.33. The molecule has 0 aliphatic heterocycles. The van der Waals surface area contributed by atoms with Gasteiger partial charge in [-0.15, -0.1) is 22.7 Å². The Bertz CT molecular complexity index is 490. The van der Waals surface area contributed by atoms with Crippen molar-refractivity contribution in [2.45, 2.75) is 65.2 Å². The molecule has 0 bridgehead atoms. The predicted octanol–water partition coefficient (Wildman–Crippen LogP) is 5.56. The number of hydrogen-bond donors (Lipinski definition) is 0. The smallest absolute Gasteiger partial charge is 0.387 e. The summed E-state index contributed by atoms with van der Waals surface area (Å²) in [6, 6.07) is 8.65. The third-order valence-electron chi connectivity index (χ3n) is 4.30. The summed E-state index contributed by atoms with van der Waals surface area (Å²) in [5.74, 6) is 0. The molecule has 2 heterocycles. The van der Waals surface area contributed by atoms with E-state index >= 15 is 0 Å². The highest BCUT2D eigenvalue weighted by Gasteiger charge is 2.44. The Morgan fingerprint density at radius 3 is 1.56 bits per heavy atom. The van der Waals surface area contributed by atoms with E-state index in [1.165, 1.54) is 47.5 Å². The van der Waals surface area contributed by atoms with Gasteiger partial charge in [-0.1, -0.05) is 64.5 Å². The number of rotatable bonds is 14. The first-order valence-corrected chi connectivity index (χ1v) is 13.3. The molecule has 0 unspecified atom stereocenters. The van der Waals surface area contributed by atoms with Crippen LogP contribution in [-0.4, -0.2) is 21.8 Å². The maximum atomic E-state index is 6.61. The van der Waals surface area contributed by atoms with E-state index in [1.807, 2.05) is 0 Å². The fourth-order valence-electron chi connectivity index (χ4n) is 2.87. The van der Waals surface area contributed by atoms with E-state index in [-0.39, 0.29) is 0 Å². The van der Waals surface area contributed by atoms with Crippen LogP contribution in [0.3, 0.4) is 0 Å². The van der Waals surface area contributed by atoms with Gasteiger partial charge in [0.2, 0.25) is 0 Å². The lowest BCUT2D eigenvalue weighted by Crippen LogP contribution is -2.61. The molecule has 0 saturated carbocycles. The van der Waals surface area contributed by atoms with Crippen LogP contribution >= 0.6 is 22.7 Å². The molecule has 0 saturated heterocycles. The van der Waals surface area contributed by atoms with E-state index < -0.39 is 8.56 Å². The monoisotopic (exact) mass is 396 g/mol. The molecule has 2 aromatic heterocycles. The summed E-state index contributed by atoms with van der Waals surface area (Å²) >= 11 is 3.57. The fourth-order valence-corrected chi connectivity index (χ4v) is 9.39. The Kier molecular flexibility index (Phi) is 10.0. The molecule has 2 aromatic rings. The highest BCUT2D eigenvalue weighted by atomic mass is 32.1. The number of hydrogen-bond acceptors (Lipinski definition) is 4. The largest absolute Gasteiger partial charge is 0.427 e. The second kappa shape index (κ2) is 12.0. The van der Waals surface area contributed by atoms with Crippen LogP contribution in [0.25, 0.3) is 0 Å². The van der Waals surface area contributed by atoms with Crippen molar-refractivity contribution in [3.8, 4) is 0 Å². The van der Waals surface area contributed by atoms with Crippen molar-refractivity contribution in [1.29, 1.82) is 0 Å². The molecule has 25 heavy (non-hydrogen) atoms. The molecule has 0 radical (unpaired) electrons. The molecule has 0 fully saturated rings. The summed E-state index contributed by atoms with van der Waals surface area (Å²) in [7, 11) is -2.53. The summed E-state index contributed by atoms with van der Waals surface area (Å²) in [4.78, 5) is 0.